The Morgan fingerprint density at radius 3 is 2.67 bits per heavy atom. The SMILES string of the molecule is Cc1c(Br)cccc1Nc1ccc(C#N)cc1F. The first kappa shape index (κ1) is 12.6. The summed E-state index contributed by atoms with van der Waals surface area (Å²) in [6, 6.07) is 11.9. The van der Waals surface area contributed by atoms with E-state index in [2.05, 4.69) is 21.2 Å². The molecule has 0 aliphatic rings. The highest BCUT2D eigenvalue weighted by atomic mass is 79.9. The summed E-state index contributed by atoms with van der Waals surface area (Å²) < 4.78 is 14.7. The Kier molecular flexibility index (Phi) is 3.63. The molecule has 0 radical (unpaired) electrons. The largest absolute Gasteiger partial charge is 0.353 e. The Morgan fingerprint density at radius 2 is 2.00 bits per heavy atom. The number of nitrogens with one attached hydrogen (secondary N) is 1. The highest BCUT2D eigenvalue weighted by Crippen LogP contribution is 2.27. The number of nitrogens with zero attached hydrogens (tertiary/aromatic N) is 1. The quantitative estimate of drug-likeness (QED) is 0.886. The second kappa shape index (κ2) is 5.19. The molecule has 0 saturated carbocycles. The maximum atomic E-state index is 13.7. The van der Waals surface area contributed by atoms with Gasteiger partial charge in [-0.2, -0.15) is 5.26 Å². The minimum atomic E-state index is -0.437. The highest BCUT2D eigenvalue weighted by Gasteiger charge is 2.06. The predicted molar refractivity (Wildman–Crippen MR) is 73.3 cm³/mol. The molecule has 0 bridgehead atoms. The molecule has 90 valence electrons. The van der Waals surface area contributed by atoms with E-state index in [4.69, 9.17) is 5.26 Å². The van der Waals surface area contributed by atoms with Crippen molar-refractivity contribution in [3.8, 4) is 6.07 Å². The zero-order valence-corrected chi connectivity index (χ0v) is 11.3. The molecule has 2 rings (SSSR count). The second-order valence-corrected chi connectivity index (χ2v) is 4.70. The van der Waals surface area contributed by atoms with Crippen molar-refractivity contribution in [2.24, 2.45) is 0 Å². The fourth-order valence-corrected chi connectivity index (χ4v) is 1.94. The van der Waals surface area contributed by atoms with Gasteiger partial charge in [0.05, 0.1) is 17.3 Å². The van der Waals surface area contributed by atoms with Crippen molar-refractivity contribution in [1.82, 2.24) is 0 Å². The molecule has 0 amide bonds. The van der Waals surface area contributed by atoms with Crippen molar-refractivity contribution in [3.05, 3.63) is 57.8 Å². The predicted octanol–water partition coefficient (Wildman–Crippen LogP) is 4.51. The van der Waals surface area contributed by atoms with E-state index in [1.807, 2.05) is 31.2 Å². The minimum Gasteiger partial charge on any atom is -0.353 e. The number of benzene rings is 2. The van der Waals surface area contributed by atoms with Gasteiger partial charge in [-0.05, 0) is 42.8 Å². The Morgan fingerprint density at radius 1 is 1.22 bits per heavy atom. The summed E-state index contributed by atoms with van der Waals surface area (Å²) in [4.78, 5) is 0. The molecular formula is C14H10BrFN2. The maximum absolute atomic E-state index is 13.7. The van der Waals surface area contributed by atoms with Crippen LogP contribution in [0.2, 0.25) is 0 Å². The summed E-state index contributed by atoms with van der Waals surface area (Å²) in [5.74, 6) is -0.437. The highest BCUT2D eigenvalue weighted by molar-refractivity contribution is 9.10. The molecule has 0 saturated heterocycles. The van der Waals surface area contributed by atoms with E-state index >= 15 is 0 Å². The monoisotopic (exact) mass is 304 g/mol. The molecule has 0 aliphatic heterocycles. The smallest absolute Gasteiger partial charge is 0.147 e. The van der Waals surface area contributed by atoms with Crippen LogP contribution in [0.25, 0.3) is 0 Å². The number of halogens is 2. The average molecular weight is 305 g/mol. The van der Waals surface area contributed by atoms with Crippen LogP contribution in [-0.2, 0) is 0 Å². The number of hydrogen-bond acceptors (Lipinski definition) is 2. The molecule has 4 heteroatoms. The van der Waals surface area contributed by atoms with Gasteiger partial charge in [0.1, 0.15) is 5.82 Å². The van der Waals surface area contributed by atoms with Crippen LogP contribution in [0.4, 0.5) is 15.8 Å². The van der Waals surface area contributed by atoms with E-state index < -0.39 is 5.82 Å². The molecule has 0 fully saturated rings. The number of rotatable bonds is 2. The molecule has 0 spiro atoms. The fourth-order valence-electron chi connectivity index (χ4n) is 1.57. The molecule has 0 aromatic heterocycles. The summed E-state index contributed by atoms with van der Waals surface area (Å²) in [5, 5.41) is 11.7. The standard InChI is InChI=1S/C14H10BrFN2/c1-9-11(15)3-2-4-13(9)18-14-6-5-10(8-17)7-12(14)16/h2-7,18H,1H3. The summed E-state index contributed by atoms with van der Waals surface area (Å²) in [6.45, 7) is 1.94. The first-order valence-corrected chi connectivity index (χ1v) is 6.13. The summed E-state index contributed by atoms with van der Waals surface area (Å²) in [5.41, 5.74) is 2.49. The molecule has 0 heterocycles. The van der Waals surface area contributed by atoms with Crippen molar-refractivity contribution in [3.63, 3.8) is 0 Å². The molecular weight excluding hydrogens is 295 g/mol. The van der Waals surface area contributed by atoms with Gasteiger partial charge in [-0.3, -0.25) is 0 Å². The Bertz CT molecular complexity index is 632. The van der Waals surface area contributed by atoms with Gasteiger partial charge in [0, 0.05) is 10.2 Å². The van der Waals surface area contributed by atoms with E-state index in [0.29, 0.717) is 11.3 Å². The number of anilines is 2. The van der Waals surface area contributed by atoms with Gasteiger partial charge in [0.25, 0.3) is 0 Å². The first-order chi connectivity index (χ1) is 8.61. The molecule has 1 N–H and O–H groups in total. The van der Waals surface area contributed by atoms with E-state index in [0.717, 1.165) is 15.7 Å². The van der Waals surface area contributed by atoms with Crippen LogP contribution in [0.1, 0.15) is 11.1 Å². The lowest BCUT2D eigenvalue weighted by molar-refractivity contribution is 0.631. The maximum Gasteiger partial charge on any atom is 0.147 e. The van der Waals surface area contributed by atoms with Crippen LogP contribution in [0.5, 0.6) is 0 Å². The van der Waals surface area contributed by atoms with Gasteiger partial charge >= 0.3 is 0 Å². The lowest BCUT2D eigenvalue weighted by atomic mass is 10.1. The van der Waals surface area contributed by atoms with E-state index in [1.165, 1.54) is 6.07 Å². The third-order valence-electron chi connectivity index (χ3n) is 2.64. The van der Waals surface area contributed by atoms with Crippen molar-refractivity contribution < 1.29 is 4.39 Å². The van der Waals surface area contributed by atoms with Crippen LogP contribution < -0.4 is 5.32 Å². The summed E-state index contributed by atoms with van der Waals surface area (Å²) in [7, 11) is 0. The Labute approximate surface area is 113 Å². The summed E-state index contributed by atoms with van der Waals surface area (Å²) in [6.07, 6.45) is 0. The van der Waals surface area contributed by atoms with Crippen molar-refractivity contribution in [1.29, 1.82) is 5.26 Å². The molecule has 0 unspecified atom stereocenters. The summed E-state index contributed by atoms with van der Waals surface area (Å²) >= 11 is 3.42. The van der Waals surface area contributed by atoms with Crippen LogP contribution >= 0.6 is 15.9 Å². The molecule has 18 heavy (non-hydrogen) atoms. The third-order valence-corrected chi connectivity index (χ3v) is 3.49. The van der Waals surface area contributed by atoms with Crippen molar-refractivity contribution >= 4 is 27.3 Å². The van der Waals surface area contributed by atoms with E-state index in [1.54, 1.807) is 12.1 Å². The zero-order valence-electron chi connectivity index (χ0n) is 9.67. The molecule has 0 atom stereocenters. The topological polar surface area (TPSA) is 35.8 Å². The van der Waals surface area contributed by atoms with Crippen molar-refractivity contribution in [2.75, 3.05) is 5.32 Å². The molecule has 0 aliphatic carbocycles. The second-order valence-electron chi connectivity index (χ2n) is 3.84. The van der Waals surface area contributed by atoms with Crippen LogP contribution in [0.15, 0.2) is 40.9 Å². The van der Waals surface area contributed by atoms with Gasteiger partial charge in [-0.1, -0.05) is 22.0 Å². The van der Waals surface area contributed by atoms with Crippen LogP contribution in [0, 0.1) is 24.1 Å². The average Bonchev–Trinajstić information content (AvgIpc) is 2.37. The van der Waals surface area contributed by atoms with Gasteiger partial charge in [0.2, 0.25) is 0 Å². The Balaban J connectivity index is 2.35. The molecule has 2 aromatic carbocycles. The number of nitriles is 1. The van der Waals surface area contributed by atoms with Gasteiger partial charge in [-0.25, -0.2) is 4.39 Å². The van der Waals surface area contributed by atoms with Gasteiger partial charge in [-0.15, -0.1) is 0 Å². The first-order valence-electron chi connectivity index (χ1n) is 5.33. The van der Waals surface area contributed by atoms with Crippen molar-refractivity contribution in [2.45, 2.75) is 6.92 Å². The Hall–Kier alpha value is -1.86. The lowest BCUT2D eigenvalue weighted by Crippen LogP contribution is -1.96. The zero-order chi connectivity index (χ0) is 13.1. The lowest BCUT2D eigenvalue weighted by Gasteiger charge is -2.11. The van der Waals surface area contributed by atoms with Gasteiger partial charge in [0.15, 0.2) is 0 Å². The third kappa shape index (κ3) is 2.52. The van der Waals surface area contributed by atoms with Crippen LogP contribution in [0.3, 0.4) is 0 Å². The fraction of sp³-hybridized carbons (Fsp3) is 0.0714. The minimum absolute atomic E-state index is 0.309. The van der Waals surface area contributed by atoms with Crippen LogP contribution in [-0.4, -0.2) is 0 Å². The van der Waals surface area contributed by atoms with E-state index in [-0.39, 0.29) is 0 Å². The normalized spacial score (nSPS) is 9.89. The molecule has 2 nitrogen and oxygen atoms in total. The molecule has 2 aromatic rings. The van der Waals surface area contributed by atoms with Gasteiger partial charge < -0.3 is 5.32 Å². The number of hydrogen-bond donors (Lipinski definition) is 1. The van der Waals surface area contributed by atoms with E-state index in [9.17, 15) is 4.39 Å².